The summed E-state index contributed by atoms with van der Waals surface area (Å²) in [7, 11) is 1.46. The lowest BCUT2D eigenvalue weighted by Gasteiger charge is -2.45. The fraction of sp³-hybridized carbons (Fsp3) is 1.00. The van der Waals surface area contributed by atoms with Crippen LogP contribution in [0.25, 0.3) is 0 Å². The van der Waals surface area contributed by atoms with E-state index in [1.54, 1.807) is 0 Å². The average Bonchev–Trinajstić information content (AvgIpc) is 2.67. The minimum Gasteiger partial charge on any atom is -0.394 e. The van der Waals surface area contributed by atoms with Crippen molar-refractivity contribution in [3.63, 3.8) is 0 Å². The molecule has 0 radical (unpaired) electrons. The van der Waals surface area contributed by atoms with E-state index in [-0.39, 0.29) is 13.2 Å². The largest absolute Gasteiger partial charge is 0.394 e. The Morgan fingerprint density at radius 2 is 1.30 bits per heavy atom. The molecule has 2 aliphatic rings. The van der Waals surface area contributed by atoms with Gasteiger partial charge < -0.3 is 59.4 Å². The molecule has 0 aromatic heterocycles. The van der Waals surface area contributed by atoms with Gasteiger partial charge in [-0.3, -0.25) is 0 Å². The van der Waals surface area contributed by atoms with Crippen LogP contribution in [-0.2, 0) is 23.7 Å². The van der Waals surface area contributed by atoms with Gasteiger partial charge in [0.1, 0.15) is 48.8 Å². The van der Waals surface area contributed by atoms with Gasteiger partial charge in [0.05, 0.1) is 26.4 Å². The molecule has 2 saturated heterocycles. The second kappa shape index (κ2) is 10.3. The van der Waals surface area contributed by atoms with Crippen LogP contribution in [0.4, 0.5) is 0 Å². The van der Waals surface area contributed by atoms with Gasteiger partial charge in [0.15, 0.2) is 12.6 Å². The van der Waals surface area contributed by atoms with E-state index in [4.69, 9.17) is 23.7 Å². The first-order valence-electron chi connectivity index (χ1n) is 8.54. The first kappa shape index (κ1) is 22.8. The summed E-state index contributed by atoms with van der Waals surface area (Å²) in [6.45, 7) is -0.982. The first-order valence-corrected chi connectivity index (χ1v) is 8.54. The van der Waals surface area contributed by atoms with Crippen molar-refractivity contribution in [2.75, 3.05) is 33.5 Å². The van der Waals surface area contributed by atoms with Gasteiger partial charge in [-0.1, -0.05) is 0 Å². The zero-order valence-electron chi connectivity index (χ0n) is 14.8. The monoisotopic (exact) mass is 400 g/mol. The van der Waals surface area contributed by atoms with E-state index in [1.165, 1.54) is 7.11 Å². The van der Waals surface area contributed by atoms with Crippen molar-refractivity contribution in [1.82, 2.24) is 0 Å². The lowest BCUT2D eigenvalue weighted by Crippen LogP contribution is -2.64. The maximum absolute atomic E-state index is 10.3. The van der Waals surface area contributed by atoms with Crippen LogP contribution >= 0.6 is 0 Å². The van der Waals surface area contributed by atoms with Gasteiger partial charge in [0.2, 0.25) is 0 Å². The standard InChI is InChI=1S/C15H28O12/c1-23-2-3-24-14-12(22)10(20)13(7(5-17)26-14)27-15-11(21)9(19)8(18)6(4-16)25-15/h6-22H,2-5H2,1H3/t6?,7?,8-,9-,10+,11?,12?,13+,14?,15-/m0/s1. The Morgan fingerprint density at radius 1 is 0.704 bits per heavy atom. The van der Waals surface area contributed by atoms with Crippen molar-refractivity contribution < 1.29 is 59.4 Å². The second-order valence-electron chi connectivity index (χ2n) is 6.37. The van der Waals surface area contributed by atoms with E-state index in [9.17, 15) is 35.7 Å². The van der Waals surface area contributed by atoms with Crippen molar-refractivity contribution in [3.8, 4) is 0 Å². The molecule has 0 aromatic carbocycles. The van der Waals surface area contributed by atoms with Gasteiger partial charge in [0, 0.05) is 7.11 Å². The predicted octanol–water partition coefficient (Wildman–Crippen LogP) is -4.73. The van der Waals surface area contributed by atoms with Crippen LogP contribution in [0.3, 0.4) is 0 Å². The molecule has 7 N–H and O–H groups in total. The van der Waals surface area contributed by atoms with Crippen molar-refractivity contribution in [2.24, 2.45) is 0 Å². The van der Waals surface area contributed by atoms with Gasteiger partial charge in [-0.15, -0.1) is 0 Å². The molecule has 2 heterocycles. The minimum absolute atomic E-state index is 0.0708. The third-order valence-corrected chi connectivity index (χ3v) is 4.53. The quantitative estimate of drug-likeness (QED) is 0.193. The van der Waals surface area contributed by atoms with Crippen LogP contribution in [0.1, 0.15) is 0 Å². The Hall–Kier alpha value is -0.480. The molecule has 5 unspecified atom stereocenters. The molecule has 0 saturated carbocycles. The number of ether oxygens (including phenoxy) is 5. The molecule has 160 valence electrons. The smallest absolute Gasteiger partial charge is 0.187 e. The Balaban J connectivity index is 2.06. The summed E-state index contributed by atoms with van der Waals surface area (Å²) in [6, 6.07) is 0. The molecular formula is C15H28O12. The minimum atomic E-state index is -1.71. The van der Waals surface area contributed by atoms with Crippen LogP contribution < -0.4 is 0 Å². The number of hydrogen-bond donors (Lipinski definition) is 7. The Kier molecular flexibility index (Phi) is 8.73. The van der Waals surface area contributed by atoms with Crippen LogP contribution in [0.15, 0.2) is 0 Å². The fourth-order valence-electron chi connectivity index (χ4n) is 2.94. The molecule has 0 aliphatic carbocycles. The van der Waals surface area contributed by atoms with E-state index in [1.807, 2.05) is 0 Å². The van der Waals surface area contributed by atoms with E-state index >= 15 is 0 Å². The van der Waals surface area contributed by atoms with Crippen LogP contribution in [-0.4, -0.2) is 131 Å². The summed E-state index contributed by atoms with van der Waals surface area (Å²) >= 11 is 0. The number of aliphatic hydroxyl groups is 7. The zero-order valence-corrected chi connectivity index (χ0v) is 14.8. The van der Waals surface area contributed by atoms with E-state index in [0.717, 1.165) is 0 Å². The maximum Gasteiger partial charge on any atom is 0.187 e. The summed E-state index contributed by atoms with van der Waals surface area (Å²) < 4.78 is 26.1. The highest BCUT2D eigenvalue weighted by Crippen LogP contribution is 2.29. The molecular weight excluding hydrogens is 372 g/mol. The lowest BCUT2D eigenvalue weighted by atomic mass is 9.97. The topological polar surface area (TPSA) is 188 Å². The van der Waals surface area contributed by atoms with Gasteiger partial charge in [0.25, 0.3) is 0 Å². The average molecular weight is 400 g/mol. The number of hydrogen-bond acceptors (Lipinski definition) is 12. The van der Waals surface area contributed by atoms with E-state index < -0.39 is 74.6 Å². The number of aliphatic hydroxyl groups excluding tert-OH is 7. The third kappa shape index (κ3) is 5.12. The molecule has 0 aromatic rings. The number of rotatable bonds is 8. The van der Waals surface area contributed by atoms with Gasteiger partial charge >= 0.3 is 0 Å². The molecule has 2 aliphatic heterocycles. The van der Waals surface area contributed by atoms with E-state index in [0.29, 0.717) is 0 Å². The lowest BCUT2D eigenvalue weighted by molar-refractivity contribution is -0.359. The fourth-order valence-corrected chi connectivity index (χ4v) is 2.94. The first-order chi connectivity index (χ1) is 12.8. The van der Waals surface area contributed by atoms with Gasteiger partial charge in [-0.05, 0) is 0 Å². The molecule has 2 fully saturated rings. The highest BCUT2D eigenvalue weighted by atomic mass is 16.7. The molecule has 0 amide bonds. The van der Waals surface area contributed by atoms with Crippen LogP contribution in [0, 0.1) is 0 Å². The molecule has 12 heteroatoms. The molecule has 0 spiro atoms. The summed E-state index contributed by atoms with van der Waals surface area (Å²) in [6.07, 6.45) is -14.6. The molecule has 12 nitrogen and oxygen atoms in total. The molecule has 2 rings (SSSR count). The number of methoxy groups -OCH3 is 1. The van der Waals surface area contributed by atoms with Crippen molar-refractivity contribution >= 4 is 0 Å². The molecule has 10 atom stereocenters. The second-order valence-corrected chi connectivity index (χ2v) is 6.37. The van der Waals surface area contributed by atoms with E-state index in [2.05, 4.69) is 0 Å². The SMILES string of the molecule is COCCOC1OC(CO)[C@@H](O[C@@H]2OC(CO)[C@H](O)[C@H](O)C2O)[C@H](O)C1O. The summed E-state index contributed by atoms with van der Waals surface area (Å²) in [5.74, 6) is 0. The Morgan fingerprint density at radius 3 is 1.89 bits per heavy atom. The highest BCUT2D eigenvalue weighted by molar-refractivity contribution is 4.94. The maximum atomic E-state index is 10.3. The van der Waals surface area contributed by atoms with Crippen molar-refractivity contribution in [3.05, 3.63) is 0 Å². The predicted molar refractivity (Wildman–Crippen MR) is 84.2 cm³/mol. The Bertz CT molecular complexity index is 435. The summed E-state index contributed by atoms with van der Waals surface area (Å²) in [5, 5.41) is 68.9. The van der Waals surface area contributed by atoms with Gasteiger partial charge in [-0.25, -0.2) is 0 Å². The zero-order chi connectivity index (χ0) is 20.1. The van der Waals surface area contributed by atoms with Gasteiger partial charge in [-0.2, -0.15) is 0 Å². The third-order valence-electron chi connectivity index (χ3n) is 4.53. The van der Waals surface area contributed by atoms with Crippen molar-refractivity contribution in [2.45, 2.75) is 61.4 Å². The molecule has 27 heavy (non-hydrogen) atoms. The van der Waals surface area contributed by atoms with Crippen LogP contribution in [0.5, 0.6) is 0 Å². The Labute approximate surface area is 155 Å². The molecule has 0 bridgehead atoms. The summed E-state index contributed by atoms with van der Waals surface area (Å²) in [4.78, 5) is 0. The van der Waals surface area contributed by atoms with Crippen LogP contribution in [0.2, 0.25) is 0 Å². The highest BCUT2D eigenvalue weighted by Gasteiger charge is 2.50. The normalized spacial score (nSPS) is 45.8. The van der Waals surface area contributed by atoms with Crippen molar-refractivity contribution in [1.29, 1.82) is 0 Å². The summed E-state index contributed by atoms with van der Waals surface area (Å²) in [5.41, 5.74) is 0.